The first kappa shape index (κ1) is 17.5. The van der Waals surface area contributed by atoms with Crippen LogP contribution in [0.2, 0.25) is 0 Å². The van der Waals surface area contributed by atoms with Gasteiger partial charge in [0.25, 0.3) is 11.5 Å². The van der Waals surface area contributed by atoms with E-state index in [1.807, 2.05) is 6.92 Å². The third kappa shape index (κ3) is 3.52. The molecule has 2 atom stereocenters. The molecule has 2 N–H and O–H groups in total. The van der Waals surface area contributed by atoms with E-state index in [9.17, 15) is 14.7 Å². The second-order valence-corrected chi connectivity index (χ2v) is 8.13. The van der Waals surface area contributed by atoms with E-state index in [0.717, 1.165) is 24.8 Å². The van der Waals surface area contributed by atoms with Gasteiger partial charge in [-0.25, -0.2) is 0 Å². The number of aromatic nitrogens is 2. The third-order valence-electron chi connectivity index (χ3n) is 4.92. The molecule has 1 aliphatic rings. The zero-order valence-corrected chi connectivity index (χ0v) is 15.2. The van der Waals surface area contributed by atoms with Crippen molar-refractivity contribution in [1.82, 2.24) is 14.7 Å². The van der Waals surface area contributed by atoms with E-state index in [4.69, 9.17) is 0 Å². The van der Waals surface area contributed by atoms with Crippen LogP contribution in [0.15, 0.2) is 23.1 Å². The van der Waals surface area contributed by atoms with Crippen molar-refractivity contribution < 1.29 is 9.90 Å². The molecular formula is C19H25N3O3. The normalized spacial score (nSPS) is 22.7. The summed E-state index contributed by atoms with van der Waals surface area (Å²) in [5.74, 6) is -0.572. The van der Waals surface area contributed by atoms with Crippen molar-refractivity contribution in [2.24, 2.45) is 11.3 Å². The molecule has 0 spiro atoms. The van der Waals surface area contributed by atoms with Crippen molar-refractivity contribution >= 4 is 11.6 Å². The number of hydrogen-bond donors (Lipinski definition) is 2. The van der Waals surface area contributed by atoms with Gasteiger partial charge in [-0.1, -0.05) is 20.8 Å². The maximum atomic E-state index is 12.7. The zero-order chi connectivity index (χ0) is 18.4. The molecule has 0 saturated heterocycles. The second kappa shape index (κ2) is 6.17. The van der Waals surface area contributed by atoms with E-state index in [1.165, 1.54) is 4.40 Å². The zero-order valence-electron chi connectivity index (χ0n) is 15.2. The predicted molar refractivity (Wildman–Crippen MR) is 95.9 cm³/mol. The number of nitrogens with one attached hydrogen (secondary N) is 1. The maximum Gasteiger partial charge on any atom is 0.274 e. The van der Waals surface area contributed by atoms with Gasteiger partial charge in [0.05, 0.1) is 0 Å². The smallest absolute Gasteiger partial charge is 0.274 e. The molecule has 25 heavy (non-hydrogen) atoms. The van der Waals surface area contributed by atoms with Crippen LogP contribution >= 0.6 is 0 Å². The van der Waals surface area contributed by atoms with Crippen molar-refractivity contribution in [3.8, 4) is 5.88 Å². The summed E-state index contributed by atoms with van der Waals surface area (Å²) < 4.78 is 1.29. The fourth-order valence-electron chi connectivity index (χ4n) is 4.14. The standard InChI is InChI=1S/C19H25N3O3/c1-11-5-6-22-14(8-11)21-17(24)15(18(22)25)16(23)20-13-7-12(2)9-19(3,4)10-13/h5-6,8,12-13,24H,7,9-10H2,1-4H3,(H,20,23)/t12-,13+/m1/s1. The quantitative estimate of drug-likeness (QED) is 0.878. The molecule has 2 aromatic rings. The average molecular weight is 343 g/mol. The SMILES string of the molecule is Cc1ccn2c(=O)c(C(=O)N[C@H]3C[C@@H](C)CC(C)(C)C3)c(O)nc2c1. The Morgan fingerprint density at radius 2 is 2.12 bits per heavy atom. The highest BCUT2D eigenvalue weighted by molar-refractivity contribution is 5.96. The first-order valence-corrected chi connectivity index (χ1v) is 8.69. The predicted octanol–water partition coefficient (Wildman–Crippen LogP) is 2.65. The highest BCUT2D eigenvalue weighted by atomic mass is 16.3. The monoisotopic (exact) mass is 343 g/mol. The molecule has 6 nitrogen and oxygen atoms in total. The maximum absolute atomic E-state index is 12.7. The van der Waals surface area contributed by atoms with E-state index in [2.05, 4.69) is 31.1 Å². The van der Waals surface area contributed by atoms with Crippen molar-refractivity contribution in [2.45, 2.75) is 53.0 Å². The van der Waals surface area contributed by atoms with Gasteiger partial charge in [0.15, 0.2) is 5.56 Å². The number of aromatic hydroxyl groups is 1. The van der Waals surface area contributed by atoms with Crippen molar-refractivity contribution in [3.05, 3.63) is 39.8 Å². The van der Waals surface area contributed by atoms with Gasteiger partial charge < -0.3 is 10.4 Å². The molecule has 2 aromatic heterocycles. The summed E-state index contributed by atoms with van der Waals surface area (Å²) in [6, 6.07) is 3.44. The number of nitrogens with zero attached hydrogens (tertiary/aromatic N) is 2. The number of pyridine rings is 1. The van der Waals surface area contributed by atoms with E-state index in [1.54, 1.807) is 18.3 Å². The Balaban J connectivity index is 1.92. The summed E-state index contributed by atoms with van der Waals surface area (Å²) in [4.78, 5) is 29.3. The fourth-order valence-corrected chi connectivity index (χ4v) is 4.14. The minimum absolute atomic E-state index is 0.0104. The van der Waals surface area contributed by atoms with Gasteiger partial charge >= 0.3 is 0 Å². The van der Waals surface area contributed by atoms with Gasteiger partial charge in [-0.05, 0) is 55.2 Å². The van der Waals surface area contributed by atoms with Crippen LogP contribution in [0.3, 0.4) is 0 Å². The Bertz CT molecular complexity index is 885. The Morgan fingerprint density at radius 3 is 2.80 bits per heavy atom. The van der Waals surface area contributed by atoms with Crippen molar-refractivity contribution in [2.75, 3.05) is 0 Å². The minimum Gasteiger partial charge on any atom is -0.493 e. The van der Waals surface area contributed by atoms with Crippen LogP contribution < -0.4 is 10.9 Å². The number of aryl methyl sites for hydroxylation is 1. The molecule has 1 amide bonds. The Hall–Kier alpha value is -2.37. The largest absolute Gasteiger partial charge is 0.493 e. The van der Waals surface area contributed by atoms with E-state index in [-0.39, 0.29) is 17.0 Å². The third-order valence-corrected chi connectivity index (χ3v) is 4.92. The minimum atomic E-state index is -0.556. The van der Waals surface area contributed by atoms with Gasteiger partial charge in [-0.3, -0.25) is 14.0 Å². The van der Waals surface area contributed by atoms with Crippen LogP contribution in [0.4, 0.5) is 0 Å². The number of carbonyl (C=O) groups is 1. The van der Waals surface area contributed by atoms with Crippen LogP contribution in [-0.4, -0.2) is 26.4 Å². The van der Waals surface area contributed by atoms with Crippen LogP contribution in [0.1, 0.15) is 56.0 Å². The highest BCUT2D eigenvalue weighted by Crippen LogP contribution is 2.38. The molecule has 0 bridgehead atoms. The fraction of sp³-hybridized carbons (Fsp3) is 0.526. The second-order valence-electron chi connectivity index (χ2n) is 8.13. The van der Waals surface area contributed by atoms with Crippen LogP contribution in [0.25, 0.3) is 5.65 Å². The summed E-state index contributed by atoms with van der Waals surface area (Å²) >= 11 is 0. The molecule has 1 saturated carbocycles. The van der Waals surface area contributed by atoms with Crippen molar-refractivity contribution in [3.63, 3.8) is 0 Å². The lowest BCUT2D eigenvalue weighted by Gasteiger charge is -2.39. The lowest BCUT2D eigenvalue weighted by Crippen LogP contribution is -2.44. The topological polar surface area (TPSA) is 83.7 Å². The first-order valence-electron chi connectivity index (χ1n) is 8.69. The number of rotatable bonds is 2. The number of hydrogen-bond acceptors (Lipinski definition) is 4. The molecule has 0 aliphatic heterocycles. The van der Waals surface area contributed by atoms with Gasteiger partial charge in [0.2, 0.25) is 5.88 Å². The lowest BCUT2D eigenvalue weighted by atomic mass is 9.70. The van der Waals surface area contributed by atoms with Gasteiger partial charge in [0, 0.05) is 12.2 Å². The molecule has 2 heterocycles. The molecule has 1 aliphatic carbocycles. The summed E-state index contributed by atoms with van der Waals surface area (Å²) in [5, 5.41) is 13.1. The number of carbonyl (C=O) groups excluding carboxylic acids is 1. The van der Waals surface area contributed by atoms with E-state index >= 15 is 0 Å². The highest BCUT2D eigenvalue weighted by Gasteiger charge is 2.33. The molecular weight excluding hydrogens is 318 g/mol. The Labute approximate surface area is 146 Å². The first-order chi connectivity index (χ1) is 11.7. The lowest BCUT2D eigenvalue weighted by molar-refractivity contribution is 0.0869. The molecule has 3 rings (SSSR count). The molecule has 1 fully saturated rings. The Kier molecular flexibility index (Phi) is 4.31. The van der Waals surface area contributed by atoms with Crippen molar-refractivity contribution in [1.29, 1.82) is 0 Å². The van der Waals surface area contributed by atoms with Crippen LogP contribution in [-0.2, 0) is 0 Å². The molecule has 134 valence electrons. The summed E-state index contributed by atoms with van der Waals surface area (Å²) in [6.45, 7) is 8.42. The van der Waals surface area contributed by atoms with E-state index in [0.29, 0.717) is 11.6 Å². The molecule has 0 aromatic carbocycles. The summed E-state index contributed by atoms with van der Waals surface area (Å²) in [5.41, 5.74) is 0.542. The van der Waals surface area contributed by atoms with Gasteiger partial charge in [-0.15, -0.1) is 0 Å². The average Bonchev–Trinajstić information content (AvgIpc) is 2.44. The Morgan fingerprint density at radius 1 is 1.40 bits per heavy atom. The molecule has 6 heteroatoms. The summed E-state index contributed by atoms with van der Waals surface area (Å²) in [6.07, 6.45) is 4.41. The molecule has 0 unspecified atom stereocenters. The summed E-state index contributed by atoms with van der Waals surface area (Å²) in [7, 11) is 0. The van der Waals surface area contributed by atoms with Gasteiger partial charge in [-0.2, -0.15) is 4.98 Å². The number of fused-ring (bicyclic) bond motifs is 1. The van der Waals surface area contributed by atoms with Crippen LogP contribution in [0, 0.1) is 18.3 Å². The molecule has 0 radical (unpaired) electrons. The number of amides is 1. The van der Waals surface area contributed by atoms with Gasteiger partial charge in [0.1, 0.15) is 5.65 Å². The van der Waals surface area contributed by atoms with E-state index < -0.39 is 17.3 Å². The van der Waals surface area contributed by atoms with Crippen LogP contribution in [0.5, 0.6) is 5.88 Å².